The fourth-order valence-electron chi connectivity index (χ4n) is 7.36. The summed E-state index contributed by atoms with van der Waals surface area (Å²) in [4.78, 5) is 93.6. The third kappa shape index (κ3) is 15.3. The highest BCUT2D eigenvalue weighted by atomic mass is 16.4. The Morgan fingerprint density at radius 3 is 2.28 bits per heavy atom. The van der Waals surface area contributed by atoms with Gasteiger partial charge in [-0.25, -0.2) is 4.79 Å². The Morgan fingerprint density at radius 2 is 1.64 bits per heavy atom. The predicted octanol–water partition coefficient (Wildman–Crippen LogP) is 2.07. The van der Waals surface area contributed by atoms with Crippen LogP contribution >= 0.6 is 0 Å². The van der Waals surface area contributed by atoms with E-state index in [-0.39, 0.29) is 57.1 Å². The molecule has 1 aromatic carbocycles. The molecule has 1 aromatic heterocycles. The monoisotopic (exact) mass is 852 g/mol. The third-order valence-electron chi connectivity index (χ3n) is 10.5. The van der Waals surface area contributed by atoms with E-state index in [4.69, 9.17) is 17.2 Å². The molecule has 5 amide bonds. The van der Waals surface area contributed by atoms with Gasteiger partial charge < -0.3 is 53.5 Å². The lowest BCUT2D eigenvalue weighted by atomic mass is 9.85. The van der Waals surface area contributed by atoms with Crippen LogP contribution in [-0.2, 0) is 35.2 Å². The number of aliphatic carboxylic acids is 1. The largest absolute Gasteiger partial charge is 0.480 e. The van der Waals surface area contributed by atoms with Crippen LogP contribution in [0.1, 0.15) is 98.0 Å². The molecule has 1 aliphatic heterocycles. The molecule has 1 saturated heterocycles. The Balaban J connectivity index is 1.92. The molecular weight excluding hydrogens is 787 g/mol. The summed E-state index contributed by atoms with van der Waals surface area (Å²) in [6.45, 7) is 9.69. The lowest BCUT2D eigenvalue weighted by Crippen LogP contribution is -2.61. The highest BCUT2D eigenvalue weighted by molar-refractivity contribution is 5.97. The van der Waals surface area contributed by atoms with Crippen LogP contribution in [0.15, 0.2) is 40.6 Å². The number of guanidine groups is 1. The first-order chi connectivity index (χ1) is 28.9. The summed E-state index contributed by atoms with van der Waals surface area (Å²) in [7, 11) is 0. The number of rotatable bonds is 24. The highest BCUT2D eigenvalue weighted by Gasteiger charge is 2.41. The van der Waals surface area contributed by atoms with Gasteiger partial charge in [0.1, 0.15) is 36.3 Å². The van der Waals surface area contributed by atoms with Crippen LogP contribution in [-0.4, -0.2) is 112 Å². The van der Waals surface area contributed by atoms with Crippen LogP contribution in [0.4, 0.5) is 0 Å². The van der Waals surface area contributed by atoms with Crippen molar-refractivity contribution in [1.29, 1.82) is 0 Å². The normalized spacial score (nSPS) is 16.4. The van der Waals surface area contributed by atoms with E-state index < -0.39 is 77.2 Å². The van der Waals surface area contributed by atoms with Crippen molar-refractivity contribution in [3.05, 3.63) is 46.5 Å². The van der Waals surface area contributed by atoms with Gasteiger partial charge in [0.15, 0.2) is 5.96 Å². The average Bonchev–Trinajstić information content (AvgIpc) is 3.85. The van der Waals surface area contributed by atoms with Crippen LogP contribution in [0, 0.1) is 11.3 Å². The molecule has 0 spiro atoms. The van der Waals surface area contributed by atoms with E-state index in [1.54, 1.807) is 27.0 Å². The first kappa shape index (κ1) is 49.5. The maximum Gasteiger partial charge on any atom is 0.326 e. The summed E-state index contributed by atoms with van der Waals surface area (Å²) in [6.07, 6.45) is 5.29. The predicted molar refractivity (Wildman–Crippen MR) is 231 cm³/mol. The molecular formula is C41H65N13O7. The number of fused-ring (bicyclic) bond motifs is 1. The van der Waals surface area contributed by atoms with Crippen molar-refractivity contribution in [3.63, 3.8) is 0 Å². The van der Waals surface area contributed by atoms with Crippen LogP contribution in [0.3, 0.4) is 0 Å². The fraction of sp³-hybridized carbons (Fsp3) is 0.634. The summed E-state index contributed by atoms with van der Waals surface area (Å²) in [5.41, 5.74) is 26.4. The standard InChI is InChI=1S/C41H65N13O7/c1-24(2)21-31(39(60)61)50-37(58)33(41(3,4)5)51-35(56)30(22-25-23-47-27-14-9-8-13-26(25)27)49-36(57)32-17-12-20-54(32)38(59)29(16-11-19-46-40(43)44)48-34(55)28(52-53-45)15-7-6-10-18-42/h8-9,13-14,23-24,28-33,47H,6-7,10-12,15-22,42H2,1-5H3,(H,48,55)(H,49,57)(H,50,58)(H,51,56)(H,60,61)(H4,43,44,46)/t28-,29+,30+,31+,32+,33-/m1/s1. The number of unbranched alkanes of at least 4 members (excludes halogenated alkanes) is 2. The lowest BCUT2D eigenvalue weighted by molar-refractivity contribution is -0.143. The van der Waals surface area contributed by atoms with Crippen molar-refractivity contribution >= 4 is 52.4 Å². The molecule has 20 heteroatoms. The summed E-state index contributed by atoms with van der Waals surface area (Å²) in [6, 6.07) is 0.574. The number of azide groups is 1. The molecule has 6 atom stereocenters. The van der Waals surface area contributed by atoms with E-state index in [2.05, 4.69) is 41.3 Å². The van der Waals surface area contributed by atoms with Gasteiger partial charge in [-0.15, -0.1) is 0 Å². The number of carbonyl (C=O) groups excluding carboxylic acids is 5. The van der Waals surface area contributed by atoms with Gasteiger partial charge in [0, 0.05) is 41.5 Å². The van der Waals surface area contributed by atoms with Gasteiger partial charge in [-0.1, -0.05) is 70.8 Å². The number of aromatic nitrogens is 1. The molecule has 20 nitrogen and oxygen atoms in total. The number of benzene rings is 1. The van der Waals surface area contributed by atoms with Gasteiger partial charge in [-0.05, 0) is 80.0 Å². The summed E-state index contributed by atoms with van der Waals surface area (Å²) in [5, 5.41) is 25.3. The van der Waals surface area contributed by atoms with E-state index in [0.717, 1.165) is 23.7 Å². The van der Waals surface area contributed by atoms with Crippen LogP contribution in [0.5, 0.6) is 0 Å². The number of aromatic amines is 1. The number of hydrogen-bond donors (Lipinski definition) is 9. The molecule has 12 N–H and O–H groups in total. The smallest absolute Gasteiger partial charge is 0.326 e. The van der Waals surface area contributed by atoms with Gasteiger partial charge in [0.2, 0.25) is 29.5 Å². The molecule has 0 aliphatic carbocycles. The second kappa shape index (κ2) is 23.8. The third-order valence-corrected chi connectivity index (χ3v) is 10.5. The number of nitrogens with zero attached hydrogens (tertiary/aromatic N) is 5. The Hall–Kier alpha value is -5.88. The van der Waals surface area contributed by atoms with Crippen LogP contribution < -0.4 is 38.5 Å². The average molecular weight is 852 g/mol. The Kier molecular flexibility index (Phi) is 19.3. The minimum atomic E-state index is -1.24. The van der Waals surface area contributed by atoms with Crippen molar-refractivity contribution in [2.75, 3.05) is 19.6 Å². The first-order valence-electron chi connectivity index (χ1n) is 21.0. The highest BCUT2D eigenvalue weighted by Crippen LogP contribution is 2.24. The number of aliphatic imine (C=N–C) groups is 1. The number of hydrogen-bond acceptors (Lipinski definition) is 9. The van der Waals surface area contributed by atoms with E-state index in [1.807, 2.05) is 38.1 Å². The Labute approximate surface area is 356 Å². The van der Waals surface area contributed by atoms with Crippen LogP contribution in [0.25, 0.3) is 21.3 Å². The number of nitrogens with one attached hydrogen (secondary N) is 5. The Morgan fingerprint density at radius 1 is 0.934 bits per heavy atom. The van der Waals surface area contributed by atoms with E-state index in [0.29, 0.717) is 31.4 Å². The number of H-pyrrole nitrogens is 1. The molecule has 2 aromatic rings. The van der Waals surface area contributed by atoms with Crippen molar-refractivity contribution in [2.24, 2.45) is 38.6 Å². The van der Waals surface area contributed by atoms with Gasteiger partial charge >= 0.3 is 5.97 Å². The maximum absolute atomic E-state index is 14.4. The first-order valence-corrected chi connectivity index (χ1v) is 21.0. The second-order valence-corrected chi connectivity index (χ2v) is 17.0. The number of carboxylic acid groups (broad SMARTS) is 1. The number of nitrogens with two attached hydrogens (primary N) is 3. The van der Waals surface area contributed by atoms with Crippen molar-refractivity contribution in [3.8, 4) is 0 Å². The van der Waals surface area contributed by atoms with Gasteiger partial charge in [-0.3, -0.25) is 29.0 Å². The van der Waals surface area contributed by atoms with Crippen molar-refractivity contribution in [1.82, 2.24) is 31.2 Å². The summed E-state index contributed by atoms with van der Waals surface area (Å²) in [5.74, 6) is -4.57. The molecule has 336 valence electrons. The van der Waals surface area contributed by atoms with Gasteiger partial charge in [0.05, 0.1) is 0 Å². The molecule has 2 heterocycles. The zero-order valence-electron chi connectivity index (χ0n) is 36.0. The SMILES string of the molecule is CC(C)C[C@H](NC(=O)[C@@H](NC(=O)[C@H](Cc1c[nH]c2ccccc12)NC(=O)[C@@H]1CCCN1C(=O)[C@H](CCCN=C(N)N)NC(=O)[C@@H](CCCCCN)N=[N+]=[N-])C(C)(C)C)C(=O)O. The fourth-order valence-corrected chi connectivity index (χ4v) is 7.36. The zero-order chi connectivity index (χ0) is 45.3. The van der Waals surface area contributed by atoms with Gasteiger partial charge in [-0.2, -0.15) is 0 Å². The zero-order valence-corrected chi connectivity index (χ0v) is 36.0. The number of para-hydroxylation sites is 1. The summed E-state index contributed by atoms with van der Waals surface area (Å²) >= 11 is 0. The number of amides is 5. The minimum absolute atomic E-state index is 0.00138. The summed E-state index contributed by atoms with van der Waals surface area (Å²) < 4.78 is 0. The molecule has 1 fully saturated rings. The molecule has 1 aliphatic rings. The van der Waals surface area contributed by atoms with E-state index >= 15 is 0 Å². The maximum atomic E-state index is 14.4. The van der Waals surface area contributed by atoms with Gasteiger partial charge in [0.25, 0.3) is 0 Å². The topological polar surface area (TPSA) is 329 Å². The number of carbonyl (C=O) groups is 6. The number of carboxylic acids is 1. The Bertz CT molecular complexity index is 1900. The lowest BCUT2D eigenvalue weighted by Gasteiger charge is -2.33. The van der Waals surface area contributed by atoms with Crippen LogP contribution in [0.2, 0.25) is 0 Å². The molecule has 3 rings (SSSR count). The molecule has 0 radical (unpaired) electrons. The number of likely N-dealkylation sites (tertiary alicyclic amines) is 1. The van der Waals surface area contributed by atoms with Crippen molar-refractivity contribution in [2.45, 2.75) is 135 Å². The molecule has 61 heavy (non-hydrogen) atoms. The quantitative estimate of drug-likeness (QED) is 0.0185. The second-order valence-electron chi connectivity index (χ2n) is 17.0. The molecule has 0 bridgehead atoms. The van der Waals surface area contributed by atoms with E-state index in [1.165, 1.54) is 4.90 Å². The minimum Gasteiger partial charge on any atom is -0.480 e. The molecule has 0 saturated carbocycles. The van der Waals surface area contributed by atoms with Crippen molar-refractivity contribution < 1.29 is 33.9 Å². The van der Waals surface area contributed by atoms with E-state index in [9.17, 15) is 39.4 Å². The molecule has 0 unspecified atom stereocenters.